The van der Waals surface area contributed by atoms with E-state index in [-0.39, 0.29) is 12.2 Å². The summed E-state index contributed by atoms with van der Waals surface area (Å²) < 4.78 is 4.91. The van der Waals surface area contributed by atoms with Crippen molar-refractivity contribution in [3.8, 4) is 5.75 Å². The van der Waals surface area contributed by atoms with E-state index in [0.29, 0.717) is 5.75 Å². The molecule has 3 heteroatoms. The number of aliphatic hydroxyl groups excluding tert-OH is 1. The number of halogens is 1. The molecule has 1 aromatic carbocycles. The average molecular weight is 211 g/mol. The van der Waals surface area contributed by atoms with Crippen molar-refractivity contribution in [3.05, 3.63) is 35.4 Å². The van der Waals surface area contributed by atoms with Crippen LogP contribution in [-0.4, -0.2) is 17.3 Å². The highest BCUT2D eigenvalue weighted by atomic mass is 35.5. The number of benzene rings is 1. The molecular weight excluding hydrogens is 200 g/mol. The number of hydrogen-bond acceptors (Lipinski definition) is 2. The van der Waals surface area contributed by atoms with Crippen LogP contribution in [0.15, 0.2) is 29.8 Å². The predicted molar refractivity (Wildman–Crippen MR) is 56.4 cm³/mol. The quantitative estimate of drug-likeness (QED) is 0.613. The third kappa shape index (κ3) is 2.28. The molecule has 0 radical (unpaired) electrons. The molecule has 0 amide bonds. The Hall–Kier alpha value is -0.990. The van der Waals surface area contributed by atoms with E-state index in [9.17, 15) is 0 Å². The Morgan fingerprint density at radius 3 is 2.57 bits per heavy atom. The zero-order valence-electron chi connectivity index (χ0n) is 7.61. The van der Waals surface area contributed by atoms with Crippen LogP contribution in [0.2, 0.25) is 0 Å². The Bertz CT molecular complexity index is 343. The average Bonchev–Trinajstić information content (AvgIpc) is 2.86. The van der Waals surface area contributed by atoms with Gasteiger partial charge in [-0.3, -0.25) is 0 Å². The maximum Gasteiger partial charge on any atom is 0.186 e. The van der Waals surface area contributed by atoms with Crippen molar-refractivity contribution in [3.63, 3.8) is 0 Å². The van der Waals surface area contributed by atoms with Crippen molar-refractivity contribution in [1.82, 2.24) is 0 Å². The first-order valence-electron chi connectivity index (χ1n) is 4.48. The van der Waals surface area contributed by atoms with Gasteiger partial charge in [0.25, 0.3) is 0 Å². The standard InChI is InChI=1S/C11H11ClO2/c12-11-6-9(11)5-8-1-3-10(4-2-8)14-7-13/h1-5,11,13H,6-7H2/b9-5-. The van der Waals surface area contributed by atoms with Crippen LogP contribution in [0.5, 0.6) is 5.75 Å². The number of ether oxygens (including phenoxy) is 1. The van der Waals surface area contributed by atoms with Crippen LogP contribution in [0, 0.1) is 0 Å². The van der Waals surface area contributed by atoms with Gasteiger partial charge in [-0.1, -0.05) is 18.2 Å². The number of rotatable bonds is 3. The van der Waals surface area contributed by atoms with Gasteiger partial charge in [-0.25, -0.2) is 0 Å². The summed E-state index contributed by atoms with van der Waals surface area (Å²) in [5.74, 6) is 0.674. The maximum atomic E-state index is 8.53. The minimum atomic E-state index is -0.288. The minimum Gasteiger partial charge on any atom is -0.468 e. The summed E-state index contributed by atoms with van der Waals surface area (Å²) in [6.07, 6.45) is 3.08. The summed E-state index contributed by atoms with van der Waals surface area (Å²) in [5, 5.41) is 8.77. The summed E-state index contributed by atoms with van der Waals surface area (Å²) in [4.78, 5) is 0. The normalized spacial score (nSPS) is 22.4. The Labute approximate surface area is 87.8 Å². The smallest absolute Gasteiger partial charge is 0.186 e. The monoisotopic (exact) mass is 210 g/mol. The highest BCUT2D eigenvalue weighted by Crippen LogP contribution is 2.36. The van der Waals surface area contributed by atoms with Gasteiger partial charge in [0.1, 0.15) is 5.75 Å². The van der Waals surface area contributed by atoms with E-state index >= 15 is 0 Å². The minimum absolute atomic E-state index is 0.239. The first kappa shape index (κ1) is 9.56. The van der Waals surface area contributed by atoms with Gasteiger partial charge >= 0.3 is 0 Å². The molecule has 0 spiro atoms. The first-order valence-corrected chi connectivity index (χ1v) is 4.91. The predicted octanol–water partition coefficient (Wildman–Crippen LogP) is 2.41. The second-order valence-corrected chi connectivity index (χ2v) is 3.76. The van der Waals surface area contributed by atoms with Gasteiger partial charge in [0, 0.05) is 0 Å². The molecule has 2 nitrogen and oxygen atoms in total. The van der Waals surface area contributed by atoms with Gasteiger partial charge in [0.15, 0.2) is 6.79 Å². The van der Waals surface area contributed by atoms with E-state index in [1.807, 2.05) is 24.3 Å². The third-order valence-electron chi connectivity index (χ3n) is 2.12. The maximum absolute atomic E-state index is 8.53. The molecular formula is C11H11ClO2. The zero-order chi connectivity index (χ0) is 9.97. The second kappa shape index (κ2) is 4.03. The van der Waals surface area contributed by atoms with E-state index in [0.717, 1.165) is 12.0 Å². The van der Waals surface area contributed by atoms with Gasteiger partial charge in [-0.2, -0.15) is 0 Å². The number of alkyl halides is 1. The lowest BCUT2D eigenvalue weighted by Gasteiger charge is -2.01. The molecule has 1 saturated carbocycles. The fourth-order valence-electron chi connectivity index (χ4n) is 1.25. The lowest BCUT2D eigenvalue weighted by Crippen LogP contribution is -1.93. The van der Waals surface area contributed by atoms with Gasteiger partial charge < -0.3 is 9.84 Å². The fourth-order valence-corrected chi connectivity index (χ4v) is 1.49. The lowest BCUT2D eigenvalue weighted by atomic mass is 10.2. The topological polar surface area (TPSA) is 29.5 Å². The molecule has 14 heavy (non-hydrogen) atoms. The van der Waals surface area contributed by atoms with E-state index in [4.69, 9.17) is 21.4 Å². The summed E-state index contributed by atoms with van der Waals surface area (Å²) in [5.41, 5.74) is 2.40. The fraction of sp³-hybridized carbons (Fsp3) is 0.273. The largest absolute Gasteiger partial charge is 0.468 e. The van der Waals surface area contributed by atoms with Crippen molar-refractivity contribution in [2.45, 2.75) is 11.8 Å². The summed E-state index contributed by atoms with van der Waals surface area (Å²) in [6, 6.07) is 7.54. The Balaban J connectivity index is 2.07. The molecule has 0 bridgehead atoms. The molecule has 1 aliphatic carbocycles. The molecule has 74 valence electrons. The highest BCUT2D eigenvalue weighted by molar-refractivity contribution is 6.25. The van der Waals surface area contributed by atoms with Crippen molar-refractivity contribution >= 4 is 17.7 Å². The molecule has 0 aromatic heterocycles. The zero-order valence-corrected chi connectivity index (χ0v) is 8.37. The Morgan fingerprint density at radius 2 is 2.07 bits per heavy atom. The van der Waals surface area contributed by atoms with Crippen molar-refractivity contribution < 1.29 is 9.84 Å². The van der Waals surface area contributed by atoms with Crippen molar-refractivity contribution in [2.24, 2.45) is 0 Å². The van der Waals surface area contributed by atoms with Crippen LogP contribution in [-0.2, 0) is 0 Å². The van der Waals surface area contributed by atoms with Crippen LogP contribution in [0.25, 0.3) is 6.08 Å². The molecule has 1 unspecified atom stereocenters. The Kier molecular flexibility index (Phi) is 2.75. The highest BCUT2D eigenvalue weighted by Gasteiger charge is 2.26. The van der Waals surface area contributed by atoms with E-state index in [2.05, 4.69) is 6.08 Å². The molecule has 0 saturated heterocycles. The molecule has 1 aliphatic rings. The van der Waals surface area contributed by atoms with Gasteiger partial charge in [-0.05, 0) is 29.7 Å². The van der Waals surface area contributed by atoms with E-state index < -0.39 is 0 Å². The summed E-state index contributed by atoms with van der Waals surface area (Å²) >= 11 is 5.86. The van der Waals surface area contributed by atoms with Gasteiger partial charge in [-0.15, -0.1) is 11.6 Å². The summed E-state index contributed by atoms with van der Waals surface area (Å²) in [6.45, 7) is -0.288. The van der Waals surface area contributed by atoms with Gasteiger partial charge in [0.05, 0.1) is 5.38 Å². The molecule has 1 N–H and O–H groups in total. The van der Waals surface area contributed by atoms with Crippen LogP contribution < -0.4 is 4.74 Å². The number of aliphatic hydroxyl groups is 1. The Morgan fingerprint density at radius 1 is 1.43 bits per heavy atom. The molecule has 2 rings (SSSR count). The van der Waals surface area contributed by atoms with E-state index in [1.165, 1.54) is 5.57 Å². The van der Waals surface area contributed by atoms with Crippen LogP contribution in [0.4, 0.5) is 0 Å². The van der Waals surface area contributed by atoms with Crippen LogP contribution in [0.3, 0.4) is 0 Å². The van der Waals surface area contributed by atoms with Crippen molar-refractivity contribution in [1.29, 1.82) is 0 Å². The van der Waals surface area contributed by atoms with Crippen molar-refractivity contribution in [2.75, 3.05) is 6.79 Å². The SMILES string of the molecule is OCOc1ccc(/C=C2/CC2Cl)cc1. The molecule has 0 heterocycles. The van der Waals surface area contributed by atoms with Crippen LogP contribution >= 0.6 is 11.6 Å². The summed E-state index contributed by atoms with van der Waals surface area (Å²) in [7, 11) is 0. The lowest BCUT2D eigenvalue weighted by molar-refractivity contribution is 0.0985. The van der Waals surface area contributed by atoms with E-state index in [1.54, 1.807) is 0 Å². The molecule has 0 aliphatic heterocycles. The molecule has 1 atom stereocenters. The first-order chi connectivity index (χ1) is 6.79. The van der Waals surface area contributed by atoms with Crippen LogP contribution in [0.1, 0.15) is 12.0 Å². The molecule has 1 fully saturated rings. The molecule has 1 aromatic rings. The number of allylic oxidation sites excluding steroid dienone is 1. The second-order valence-electron chi connectivity index (χ2n) is 3.23. The van der Waals surface area contributed by atoms with Gasteiger partial charge in [0.2, 0.25) is 0 Å². The third-order valence-corrected chi connectivity index (χ3v) is 2.56. The number of hydrogen-bond donors (Lipinski definition) is 1.